The maximum Gasteiger partial charge on any atom is 0.434 e. The number of hydrogen-bond donors (Lipinski definition) is 2. The van der Waals surface area contributed by atoms with E-state index in [4.69, 9.17) is 10.2 Å². The molecule has 1 fully saturated rings. The Balaban J connectivity index is 2.04. The van der Waals surface area contributed by atoms with Gasteiger partial charge in [-0.05, 0) is 31.0 Å². The molecule has 0 unspecified atom stereocenters. The van der Waals surface area contributed by atoms with Crippen LogP contribution in [0.15, 0.2) is 27.4 Å². The van der Waals surface area contributed by atoms with E-state index >= 15 is 0 Å². The van der Waals surface area contributed by atoms with Crippen LogP contribution in [-0.4, -0.2) is 29.3 Å². The molecule has 0 radical (unpaired) electrons. The molecule has 0 amide bonds. The quantitative estimate of drug-likeness (QED) is 0.880. The lowest BCUT2D eigenvalue weighted by atomic mass is 10.0. The van der Waals surface area contributed by atoms with E-state index in [9.17, 15) is 18.0 Å². The number of H-pyrrole nitrogens is 1. The second-order valence-corrected chi connectivity index (χ2v) is 5.47. The minimum Gasteiger partial charge on any atom is -0.388 e. The maximum absolute atomic E-state index is 13.3. The Labute approximate surface area is 129 Å². The number of piperidine rings is 1. The van der Waals surface area contributed by atoms with Gasteiger partial charge < -0.3 is 15.1 Å². The molecule has 0 aliphatic carbocycles. The van der Waals surface area contributed by atoms with Crippen LogP contribution in [0.1, 0.15) is 18.4 Å². The minimum absolute atomic E-state index is 0.00753. The van der Waals surface area contributed by atoms with Crippen molar-refractivity contribution in [2.24, 2.45) is 5.73 Å². The molecular formula is C14H15F3N4O2. The van der Waals surface area contributed by atoms with Crippen LogP contribution in [0, 0.1) is 0 Å². The average Bonchev–Trinajstić information content (AvgIpc) is 2.93. The molecular weight excluding hydrogens is 313 g/mol. The van der Waals surface area contributed by atoms with Crippen LogP contribution < -0.4 is 16.4 Å². The SMILES string of the molecule is NC1CCN(c2cc(-c3n[nH]c(=O)o3)ccc2C(F)(F)F)CC1. The second-order valence-electron chi connectivity index (χ2n) is 5.47. The molecule has 1 aromatic heterocycles. The Morgan fingerprint density at radius 1 is 1.30 bits per heavy atom. The monoisotopic (exact) mass is 328 g/mol. The summed E-state index contributed by atoms with van der Waals surface area (Å²) in [5.41, 5.74) is 5.44. The Hall–Kier alpha value is -2.29. The Kier molecular flexibility index (Phi) is 3.88. The van der Waals surface area contributed by atoms with E-state index in [0.717, 1.165) is 6.07 Å². The fraction of sp³-hybridized carbons (Fsp3) is 0.429. The van der Waals surface area contributed by atoms with E-state index in [-0.39, 0.29) is 17.6 Å². The maximum atomic E-state index is 13.3. The fourth-order valence-corrected chi connectivity index (χ4v) is 2.66. The Morgan fingerprint density at radius 2 is 2.00 bits per heavy atom. The molecule has 6 nitrogen and oxygen atoms in total. The summed E-state index contributed by atoms with van der Waals surface area (Å²) in [7, 11) is 0. The van der Waals surface area contributed by atoms with Crippen molar-refractivity contribution in [1.82, 2.24) is 10.2 Å². The van der Waals surface area contributed by atoms with Crippen molar-refractivity contribution in [3.63, 3.8) is 0 Å². The van der Waals surface area contributed by atoms with Gasteiger partial charge in [-0.1, -0.05) is 0 Å². The summed E-state index contributed by atoms with van der Waals surface area (Å²) in [6, 6.07) is 3.57. The molecule has 0 spiro atoms. The average molecular weight is 328 g/mol. The van der Waals surface area contributed by atoms with Gasteiger partial charge in [0.05, 0.1) is 5.56 Å². The van der Waals surface area contributed by atoms with Crippen molar-refractivity contribution < 1.29 is 17.6 Å². The molecule has 0 saturated carbocycles. The number of aromatic amines is 1. The number of anilines is 1. The van der Waals surface area contributed by atoms with Gasteiger partial charge in [0.1, 0.15) is 0 Å². The van der Waals surface area contributed by atoms with Crippen LogP contribution in [0.3, 0.4) is 0 Å². The number of hydrogen-bond acceptors (Lipinski definition) is 5. The summed E-state index contributed by atoms with van der Waals surface area (Å²) in [5, 5.41) is 5.74. The van der Waals surface area contributed by atoms with Gasteiger partial charge in [-0.2, -0.15) is 13.2 Å². The number of halogens is 3. The van der Waals surface area contributed by atoms with E-state index in [1.165, 1.54) is 12.1 Å². The summed E-state index contributed by atoms with van der Waals surface area (Å²) in [6.07, 6.45) is -3.22. The highest BCUT2D eigenvalue weighted by atomic mass is 19.4. The van der Waals surface area contributed by atoms with Gasteiger partial charge in [-0.25, -0.2) is 9.89 Å². The fourth-order valence-electron chi connectivity index (χ4n) is 2.66. The first-order valence-corrected chi connectivity index (χ1v) is 7.12. The molecule has 2 heterocycles. The van der Waals surface area contributed by atoms with Gasteiger partial charge in [-0.3, -0.25) is 0 Å². The highest BCUT2D eigenvalue weighted by molar-refractivity contribution is 5.66. The van der Waals surface area contributed by atoms with Crippen molar-refractivity contribution in [1.29, 1.82) is 0 Å². The van der Waals surface area contributed by atoms with Crippen molar-refractivity contribution in [2.75, 3.05) is 18.0 Å². The standard InChI is InChI=1S/C14H15F3N4O2/c15-14(16,17)10-2-1-8(12-19-20-13(22)23-12)7-11(10)21-5-3-9(18)4-6-21/h1-2,7,9H,3-6,18H2,(H,20,22). The molecule has 2 aromatic rings. The highest BCUT2D eigenvalue weighted by Crippen LogP contribution is 2.39. The van der Waals surface area contributed by atoms with Crippen LogP contribution in [0.4, 0.5) is 18.9 Å². The van der Waals surface area contributed by atoms with Crippen molar-refractivity contribution in [3.8, 4) is 11.5 Å². The zero-order valence-corrected chi connectivity index (χ0v) is 12.1. The van der Waals surface area contributed by atoms with E-state index in [0.29, 0.717) is 31.5 Å². The zero-order valence-electron chi connectivity index (χ0n) is 12.1. The first-order valence-electron chi connectivity index (χ1n) is 7.12. The number of nitrogens with one attached hydrogen (secondary N) is 1. The molecule has 0 atom stereocenters. The number of aromatic nitrogens is 2. The molecule has 3 N–H and O–H groups in total. The Morgan fingerprint density at radius 3 is 2.57 bits per heavy atom. The molecule has 124 valence electrons. The normalized spacial score (nSPS) is 16.8. The number of nitrogens with two attached hydrogens (primary N) is 1. The van der Waals surface area contributed by atoms with Crippen molar-refractivity contribution >= 4 is 5.69 Å². The summed E-state index contributed by atoms with van der Waals surface area (Å²) in [6.45, 7) is 0.885. The summed E-state index contributed by atoms with van der Waals surface area (Å²) in [4.78, 5) is 12.7. The second kappa shape index (κ2) is 5.73. The number of benzene rings is 1. The zero-order chi connectivity index (χ0) is 16.6. The van der Waals surface area contributed by atoms with Crippen LogP contribution in [-0.2, 0) is 6.18 Å². The van der Waals surface area contributed by atoms with Crippen LogP contribution in [0.25, 0.3) is 11.5 Å². The third-order valence-electron chi connectivity index (χ3n) is 3.87. The van der Waals surface area contributed by atoms with E-state index < -0.39 is 17.5 Å². The van der Waals surface area contributed by atoms with E-state index in [2.05, 4.69) is 10.2 Å². The third-order valence-corrected chi connectivity index (χ3v) is 3.87. The smallest absolute Gasteiger partial charge is 0.388 e. The first-order chi connectivity index (χ1) is 10.8. The van der Waals surface area contributed by atoms with Crippen LogP contribution >= 0.6 is 0 Å². The molecule has 1 saturated heterocycles. The van der Waals surface area contributed by atoms with Crippen LogP contribution in [0.2, 0.25) is 0 Å². The topological polar surface area (TPSA) is 88.1 Å². The largest absolute Gasteiger partial charge is 0.434 e. The lowest BCUT2D eigenvalue weighted by Gasteiger charge is -2.33. The van der Waals surface area contributed by atoms with Gasteiger partial charge in [0.15, 0.2) is 0 Å². The summed E-state index contributed by atoms with van der Waals surface area (Å²) >= 11 is 0. The predicted octanol–water partition coefficient (Wildman–Crippen LogP) is 1.98. The van der Waals surface area contributed by atoms with Crippen molar-refractivity contribution in [2.45, 2.75) is 25.1 Å². The minimum atomic E-state index is -4.47. The van der Waals surface area contributed by atoms with E-state index in [1.807, 2.05) is 0 Å². The molecule has 0 bridgehead atoms. The molecule has 3 rings (SSSR count). The third kappa shape index (κ3) is 3.24. The van der Waals surface area contributed by atoms with Crippen LogP contribution in [0.5, 0.6) is 0 Å². The number of rotatable bonds is 2. The van der Waals surface area contributed by atoms with E-state index in [1.54, 1.807) is 4.90 Å². The van der Waals surface area contributed by atoms with Gasteiger partial charge in [-0.15, -0.1) is 5.10 Å². The number of alkyl halides is 3. The predicted molar refractivity (Wildman–Crippen MR) is 77.0 cm³/mol. The lowest BCUT2D eigenvalue weighted by Crippen LogP contribution is -2.40. The Bertz CT molecular complexity index is 745. The van der Waals surface area contributed by atoms with Gasteiger partial charge >= 0.3 is 11.9 Å². The molecule has 9 heteroatoms. The molecule has 1 aromatic carbocycles. The van der Waals surface area contributed by atoms with Gasteiger partial charge in [0.2, 0.25) is 5.89 Å². The van der Waals surface area contributed by atoms with Gasteiger partial charge in [0.25, 0.3) is 0 Å². The first kappa shape index (κ1) is 15.6. The molecule has 1 aliphatic heterocycles. The summed E-state index contributed by atoms with van der Waals surface area (Å²) < 4.78 is 44.6. The molecule has 23 heavy (non-hydrogen) atoms. The number of nitrogens with zero attached hydrogens (tertiary/aromatic N) is 2. The van der Waals surface area contributed by atoms with Gasteiger partial charge in [0, 0.05) is 30.4 Å². The summed E-state index contributed by atoms with van der Waals surface area (Å²) in [5.74, 6) is -0.802. The molecule has 1 aliphatic rings. The highest BCUT2D eigenvalue weighted by Gasteiger charge is 2.35. The lowest BCUT2D eigenvalue weighted by molar-refractivity contribution is -0.137. The van der Waals surface area contributed by atoms with Crippen molar-refractivity contribution in [3.05, 3.63) is 34.3 Å².